The van der Waals surface area contributed by atoms with E-state index in [4.69, 9.17) is 4.74 Å². The van der Waals surface area contributed by atoms with Crippen LogP contribution >= 0.6 is 0 Å². The molecule has 4 heteroatoms. The number of hydrogen-bond acceptors (Lipinski definition) is 3. The molecule has 2 fully saturated rings. The predicted molar refractivity (Wildman–Crippen MR) is 111 cm³/mol. The molecule has 2 atom stereocenters. The highest BCUT2D eigenvalue weighted by Crippen LogP contribution is 2.32. The van der Waals surface area contributed by atoms with Crippen molar-refractivity contribution in [3.63, 3.8) is 0 Å². The van der Waals surface area contributed by atoms with E-state index in [-0.39, 0.29) is 5.92 Å². The van der Waals surface area contributed by atoms with Crippen LogP contribution in [0.15, 0.2) is 54.6 Å². The van der Waals surface area contributed by atoms with Crippen LogP contribution in [-0.4, -0.2) is 55.1 Å². The number of amides is 1. The SMILES string of the molecule is Cc1cccc([C@@H]2C[C@@H](C(=O)N3CCOCC3)CN(Cc3ccccc3)C2)c1. The molecule has 28 heavy (non-hydrogen) atoms. The lowest BCUT2D eigenvalue weighted by Crippen LogP contribution is -2.49. The minimum absolute atomic E-state index is 0.0566. The van der Waals surface area contributed by atoms with E-state index in [0.29, 0.717) is 25.0 Å². The molecule has 1 amide bonds. The molecule has 2 aliphatic rings. The third-order valence-corrected chi connectivity index (χ3v) is 5.96. The van der Waals surface area contributed by atoms with Gasteiger partial charge in [0, 0.05) is 32.7 Å². The van der Waals surface area contributed by atoms with Crippen LogP contribution in [0.2, 0.25) is 0 Å². The molecule has 0 aromatic heterocycles. The van der Waals surface area contributed by atoms with Crippen molar-refractivity contribution in [2.75, 3.05) is 39.4 Å². The van der Waals surface area contributed by atoms with Crippen molar-refractivity contribution in [2.45, 2.75) is 25.8 Å². The Morgan fingerprint density at radius 3 is 2.57 bits per heavy atom. The summed E-state index contributed by atoms with van der Waals surface area (Å²) in [5.74, 6) is 0.757. The predicted octanol–water partition coefficient (Wildman–Crippen LogP) is 3.46. The van der Waals surface area contributed by atoms with Crippen LogP contribution in [0.4, 0.5) is 0 Å². The van der Waals surface area contributed by atoms with Gasteiger partial charge in [-0.3, -0.25) is 9.69 Å². The molecule has 2 aromatic rings. The van der Waals surface area contributed by atoms with E-state index in [9.17, 15) is 4.79 Å². The van der Waals surface area contributed by atoms with E-state index in [0.717, 1.165) is 39.1 Å². The molecule has 2 aliphatic heterocycles. The lowest BCUT2D eigenvalue weighted by atomic mass is 9.83. The van der Waals surface area contributed by atoms with Crippen molar-refractivity contribution >= 4 is 5.91 Å². The number of rotatable bonds is 4. The molecule has 0 saturated carbocycles. The molecule has 0 N–H and O–H groups in total. The Balaban J connectivity index is 1.54. The number of piperidine rings is 1. The number of morpholine rings is 1. The third-order valence-electron chi connectivity index (χ3n) is 5.96. The van der Waals surface area contributed by atoms with Gasteiger partial charge in [0.15, 0.2) is 0 Å². The topological polar surface area (TPSA) is 32.8 Å². The summed E-state index contributed by atoms with van der Waals surface area (Å²) in [6.45, 7) is 7.66. The second-order valence-electron chi connectivity index (χ2n) is 8.16. The molecule has 2 aromatic carbocycles. The van der Waals surface area contributed by atoms with Crippen LogP contribution in [0.3, 0.4) is 0 Å². The highest BCUT2D eigenvalue weighted by atomic mass is 16.5. The zero-order chi connectivity index (χ0) is 19.3. The normalized spacial score (nSPS) is 23.5. The van der Waals surface area contributed by atoms with Crippen molar-refractivity contribution in [1.29, 1.82) is 0 Å². The number of ether oxygens (including phenoxy) is 1. The highest BCUT2D eigenvalue weighted by Gasteiger charge is 2.35. The second kappa shape index (κ2) is 8.89. The molecule has 0 radical (unpaired) electrons. The lowest BCUT2D eigenvalue weighted by molar-refractivity contribution is -0.141. The Morgan fingerprint density at radius 2 is 1.82 bits per heavy atom. The maximum absolute atomic E-state index is 13.2. The van der Waals surface area contributed by atoms with Crippen molar-refractivity contribution < 1.29 is 9.53 Å². The molecular formula is C24H30N2O2. The van der Waals surface area contributed by atoms with Gasteiger partial charge >= 0.3 is 0 Å². The molecule has 2 heterocycles. The number of carbonyl (C=O) groups is 1. The molecule has 0 aliphatic carbocycles. The minimum Gasteiger partial charge on any atom is -0.378 e. The smallest absolute Gasteiger partial charge is 0.227 e. The van der Waals surface area contributed by atoms with Gasteiger partial charge < -0.3 is 9.64 Å². The molecule has 4 rings (SSSR count). The van der Waals surface area contributed by atoms with Crippen LogP contribution in [0.1, 0.15) is 29.0 Å². The van der Waals surface area contributed by atoms with Crippen LogP contribution in [0.25, 0.3) is 0 Å². The summed E-state index contributed by atoms with van der Waals surface area (Å²) in [6.07, 6.45) is 0.935. The van der Waals surface area contributed by atoms with Gasteiger partial charge in [0.25, 0.3) is 0 Å². The Kier molecular flexibility index (Phi) is 6.08. The number of hydrogen-bond donors (Lipinski definition) is 0. The largest absolute Gasteiger partial charge is 0.378 e. The van der Waals surface area contributed by atoms with Crippen LogP contribution in [0, 0.1) is 12.8 Å². The Labute approximate surface area is 168 Å². The number of aryl methyl sites for hydroxylation is 1. The van der Waals surface area contributed by atoms with Crippen LogP contribution in [0.5, 0.6) is 0 Å². The van der Waals surface area contributed by atoms with E-state index in [1.807, 2.05) is 4.90 Å². The highest BCUT2D eigenvalue weighted by molar-refractivity contribution is 5.79. The fourth-order valence-corrected chi connectivity index (χ4v) is 4.55. The van der Waals surface area contributed by atoms with Crippen molar-refractivity contribution in [3.05, 3.63) is 71.3 Å². The first-order valence-electron chi connectivity index (χ1n) is 10.4. The van der Waals surface area contributed by atoms with Gasteiger partial charge in [0.1, 0.15) is 0 Å². The quantitative estimate of drug-likeness (QED) is 0.817. The van der Waals surface area contributed by atoms with Gasteiger partial charge in [-0.05, 0) is 30.4 Å². The molecule has 4 nitrogen and oxygen atoms in total. The van der Waals surface area contributed by atoms with Gasteiger partial charge in [0.05, 0.1) is 19.1 Å². The molecule has 2 saturated heterocycles. The summed E-state index contributed by atoms with van der Waals surface area (Å²) < 4.78 is 5.44. The van der Waals surface area contributed by atoms with E-state index in [1.165, 1.54) is 16.7 Å². The lowest BCUT2D eigenvalue weighted by Gasteiger charge is -2.40. The maximum Gasteiger partial charge on any atom is 0.227 e. The van der Waals surface area contributed by atoms with Crippen LogP contribution in [-0.2, 0) is 16.1 Å². The summed E-state index contributed by atoms with van der Waals surface area (Å²) in [5, 5.41) is 0. The maximum atomic E-state index is 13.2. The van der Waals surface area contributed by atoms with Crippen molar-refractivity contribution in [1.82, 2.24) is 9.80 Å². The van der Waals surface area contributed by atoms with Gasteiger partial charge in [-0.15, -0.1) is 0 Å². The summed E-state index contributed by atoms with van der Waals surface area (Å²) in [6, 6.07) is 19.4. The van der Waals surface area contributed by atoms with E-state index >= 15 is 0 Å². The average Bonchev–Trinajstić information content (AvgIpc) is 2.74. The molecule has 148 valence electrons. The van der Waals surface area contributed by atoms with Gasteiger partial charge in [-0.25, -0.2) is 0 Å². The third kappa shape index (κ3) is 4.62. The van der Waals surface area contributed by atoms with E-state index in [1.54, 1.807) is 0 Å². The van der Waals surface area contributed by atoms with Crippen molar-refractivity contribution in [2.24, 2.45) is 5.92 Å². The second-order valence-corrected chi connectivity index (χ2v) is 8.16. The molecule has 0 spiro atoms. The van der Waals surface area contributed by atoms with Crippen molar-refractivity contribution in [3.8, 4) is 0 Å². The number of benzene rings is 2. The summed E-state index contributed by atoms with van der Waals surface area (Å²) in [7, 11) is 0. The van der Waals surface area contributed by atoms with Crippen LogP contribution < -0.4 is 0 Å². The summed E-state index contributed by atoms with van der Waals surface area (Å²) in [4.78, 5) is 17.7. The summed E-state index contributed by atoms with van der Waals surface area (Å²) >= 11 is 0. The number of carbonyl (C=O) groups excluding carboxylic acids is 1. The zero-order valence-corrected chi connectivity index (χ0v) is 16.7. The fraction of sp³-hybridized carbons (Fsp3) is 0.458. The molecule has 0 unspecified atom stereocenters. The fourth-order valence-electron chi connectivity index (χ4n) is 4.55. The first kappa shape index (κ1) is 19.2. The zero-order valence-electron chi connectivity index (χ0n) is 16.7. The monoisotopic (exact) mass is 378 g/mol. The standard InChI is InChI=1S/C24H30N2O2/c1-19-6-5-9-21(14-19)22-15-23(24(27)26-10-12-28-13-11-26)18-25(17-22)16-20-7-3-2-4-8-20/h2-9,14,22-23H,10-13,15-18H2,1H3/t22-,23-/m1/s1. The first-order valence-corrected chi connectivity index (χ1v) is 10.4. The Bertz CT molecular complexity index is 786. The van der Waals surface area contributed by atoms with E-state index < -0.39 is 0 Å². The molecule has 0 bridgehead atoms. The van der Waals surface area contributed by atoms with E-state index in [2.05, 4.69) is 66.4 Å². The van der Waals surface area contributed by atoms with Gasteiger partial charge in [-0.2, -0.15) is 0 Å². The minimum atomic E-state index is 0.0566. The average molecular weight is 379 g/mol. The Morgan fingerprint density at radius 1 is 1.04 bits per heavy atom. The number of nitrogens with zero attached hydrogens (tertiary/aromatic N) is 2. The number of likely N-dealkylation sites (tertiary alicyclic amines) is 1. The van der Waals surface area contributed by atoms with Gasteiger partial charge in [-0.1, -0.05) is 60.2 Å². The Hall–Kier alpha value is -2.17. The summed E-state index contributed by atoms with van der Waals surface area (Å²) in [5.41, 5.74) is 3.95. The van der Waals surface area contributed by atoms with Gasteiger partial charge in [0.2, 0.25) is 5.91 Å². The molecular weight excluding hydrogens is 348 g/mol. The first-order chi connectivity index (χ1) is 13.7.